The van der Waals surface area contributed by atoms with E-state index in [1.165, 1.54) is 15.6 Å². The van der Waals surface area contributed by atoms with Crippen molar-refractivity contribution < 1.29 is 17.9 Å². The summed E-state index contributed by atoms with van der Waals surface area (Å²) in [5, 5.41) is 4.74. The predicted octanol–water partition coefficient (Wildman–Crippen LogP) is 2.15. The minimum atomic E-state index is -3.45. The minimum Gasteiger partial charge on any atom is -0.373 e. The summed E-state index contributed by atoms with van der Waals surface area (Å²) in [6.07, 6.45) is 1.15. The molecule has 1 saturated heterocycles. The van der Waals surface area contributed by atoms with Crippen molar-refractivity contribution in [1.29, 1.82) is 0 Å². The highest BCUT2D eigenvalue weighted by Crippen LogP contribution is 2.21. The molecule has 9 heteroatoms. The van der Waals surface area contributed by atoms with Gasteiger partial charge in [-0.2, -0.15) is 0 Å². The fraction of sp³-hybridized carbons (Fsp3) is 0.737. The van der Waals surface area contributed by atoms with E-state index >= 15 is 0 Å². The smallest absolute Gasteiger partial charge is 0.252 e. The van der Waals surface area contributed by atoms with Gasteiger partial charge in [0, 0.05) is 45.2 Å². The van der Waals surface area contributed by atoms with Crippen LogP contribution in [-0.2, 0) is 19.6 Å². The SMILES string of the molecule is C[C@@H]1CN(C(C)(C)CNC(=O)CCCN(C)S(=O)(=O)c2cccs2)C[C@H](C)O1. The van der Waals surface area contributed by atoms with Crippen molar-refractivity contribution >= 4 is 27.3 Å². The van der Waals surface area contributed by atoms with Crippen molar-refractivity contribution in [2.75, 3.05) is 33.2 Å². The highest BCUT2D eigenvalue weighted by atomic mass is 32.2. The fourth-order valence-electron chi connectivity index (χ4n) is 3.33. The Labute approximate surface area is 173 Å². The van der Waals surface area contributed by atoms with Gasteiger partial charge < -0.3 is 10.1 Å². The molecule has 2 atom stereocenters. The third-order valence-corrected chi connectivity index (χ3v) is 8.26. The highest BCUT2D eigenvalue weighted by Gasteiger charge is 2.33. The summed E-state index contributed by atoms with van der Waals surface area (Å²) >= 11 is 1.20. The molecular formula is C19H33N3O4S2. The molecular weight excluding hydrogens is 398 g/mol. The number of hydrogen-bond donors (Lipinski definition) is 1. The van der Waals surface area contributed by atoms with E-state index in [0.29, 0.717) is 30.1 Å². The molecule has 0 spiro atoms. The summed E-state index contributed by atoms with van der Waals surface area (Å²) < 4.78 is 32.2. The van der Waals surface area contributed by atoms with Gasteiger partial charge in [0.25, 0.3) is 10.0 Å². The lowest BCUT2D eigenvalue weighted by molar-refractivity contribution is -0.123. The third kappa shape index (κ3) is 6.25. The van der Waals surface area contributed by atoms with Crippen molar-refractivity contribution in [3.8, 4) is 0 Å². The fourth-order valence-corrected chi connectivity index (χ4v) is 5.74. The third-order valence-electron chi connectivity index (χ3n) is 5.03. The predicted molar refractivity (Wildman–Crippen MR) is 112 cm³/mol. The van der Waals surface area contributed by atoms with E-state index in [1.54, 1.807) is 24.6 Å². The summed E-state index contributed by atoms with van der Waals surface area (Å²) in [7, 11) is -1.90. The highest BCUT2D eigenvalue weighted by molar-refractivity contribution is 7.91. The first-order chi connectivity index (χ1) is 13.0. The molecule has 0 aliphatic carbocycles. The summed E-state index contributed by atoms with van der Waals surface area (Å²) in [5.74, 6) is -0.0515. The molecule has 28 heavy (non-hydrogen) atoms. The van der Waals surface area contributed by atoms with E-state index in [0.717, 1.165) is 13.1 Å². The topological polar surface area (TPSA) is 79.0 Å². The molecule has 0 radical (unpaired) electrons. The molecule has 2 rings (SSSR count). The number of nitrogens with zero attached hydrogens (tertiary/aromatic N) is 2. The van der Waals surface area contributed by atoms with Crippen LogP contribution in [-0.4, -0.2) is 74.5 Å². The monoisotopic (exact) mass is 431 g/mol. The number of carbonyl (C=O) groups excluding carboxylic acids is 1. The van der Waals surface area contributed by atoms with Crippen LogP contribution in [0.3, 0.4) is 0 Å². The summed E-state index contributed by atoms with van der Waals surface area (Å²) in [4.78, 5) is 14.6. The molecule has 2 heterocycles. The van der Waals surface area contributed by atoms with E-state index in [9.17, 15) is 13.2 Å². The van der Waals surface area contributed by atoms with E-state index < -0.39 is 10.0 Å². The molecule has 1 aliphatic rings. The quantitative estimate of drug-likeness (QED) is 0.648. The Hall–Kier alpha value is -1.00. The number of hydrogen-bond acceptors (Lipinski definition) is 6. The molecule has 0 bridgehead atoms. The Balaban J connectivity index is 1.75. The maximum Gasteiger partial charge on any atom is 0.252 e. The van der Waals surface area contributed by atoms with Crippen molar-refractivity contribution in [3.05, 3.63) is 17.5 Å². The number of ether oxygens (including phenoxy) is 1. The van der Waals surface area contributed by atoms with Gasteiger partial charge in [-0.15, -0.1) is 11.3 Å². The van der Waals surface area contributed by atoms with E-state index in [2.05, 4.69) is 37.9 Å². The van der Waals surface area contributed by atoms with Gasteiger partial charge in [0.15, 0.2) is 0 Å². The van der Waals surface area contributed by atoms with Gasteiger partial charge in [0.05, 0.1) is 12.2 Å². The number of amides is 1. The first-order valence-corrected chi connectivity index (χ1v) is 12.0. The lowest BCUT2D eigenvalue weighted by Gasteiger charge is -2.45. The van der Waals surface area contributed by atoms with Crippen LogP contribution in [0.5, 0.6) is 0 Å². The molecule has 1 N–H and O–H groups in total. The second-order valence-corrected chi connectivity index (χ2v) is 11.3. The Morgan fingerprint density at radius 1 is 1.36 bits per heavy atom. The number of morpholine rings is 1. The van der Waals surface area contributed by atoms with Crippen LogP contribution in [0.25, 0.3) is 0 Å². The van der Waals surface area contributed by atoms with Gasteiger partial charge in [-0.25, -0.2) is 12.7 Å². The van der Waals surface area contributed by atoms with Crippen molar-refractivity contribution in [2.24, 2.45) is 0 Å². The van der Waals surface area contributed by atoms with Crippen LogP contribution >= 0.6 is 11.3 Å². The molecule has 0 unspecified atom stereocenters. The van der Waals surface area contributed by atoms with Crippen LogP contribution in [0, 0.1) is 0 Å². The molecule has 7 nitrogen and oxygen atoms in total. The second-order valence-electron chi connectivity index (χ2n) is 8.11. The van der Waals surface area contributed by atoms with Gasteiger partial charge in [0.1, 0.15) is 4.21 Å². The summed E-state index contributed by atoms with van der Waals surface area (Å²) in [6.45, 7) is 10.9. The first-order valence-electron chi connectivity index (χ1n) is 9.69. The van der Waals surface area contributed by atoms with Gasteiger partial charge >= 0.3 is 0 Å². The first kappa shape index (κ1) is 23.3. The van der Waals surface area contributed by atoms with Crippen molar-refractivity contribution in [1.82, 2.24) is 14.5 Å². The molecule has 1 amide bonds. The second kappa shape index (κ2) is 9.67. The molecule has 1 fully saturated rings. The molecule has 0 saturated carbocycles. The lowest BCUT2D eigenvalue weighted by Crippen LogP contribution is -2.58. The van der Waals surface area contributed by atoms with E-state index in [1.807, 2.05) is 0 Å². The molecule has 0 aromatic carbocycles. The normalized spacial score (nSPS) is 21.8. The van der Waals surface area contributed by atoms with Gasteiger partial charge in [-0.1, -0.05) is 6.07 Å². The molecule has 160 valence electrons. The Kier molecular flexibility index (Phi) is 8.04. The number of carbonyl (C=O) groups is 1. The van der Waals surface area contributed by atoms with Gasteiger partial charge in [-0.3, -0.25) is 9.69 Å². The number of rotatable bonds is 9. The number of sulfonamides is 1. The van der Waals surface area contributed by atoms with Crippen molar-refractivity contribution in [3.63, 3.8) is 0 Å². The standard InChI is InChI=1S/C19H33N3O4S2/c1-15-12-22(13-16(2)26-15)19(3,4)14-20-17(23)8-6-10-21(5)28(24,25)18-9-7-11-27-18/h7,9,11,15-16H,6,8,10,12-14H2,1-5H3,(H,20,23)/t15-,16+. The van der Waals surface area contributed by atoms with Crippen LogP contribution < -0.4 is 5.32 Å². The Bertz CT molecular complexity index is 724. The largest absolute Gasteiger partial charge is 0.373 e. The van der Waals surface area contributed by atoms with Crippen LogP contribution in [0.1, 0.15) is 40.5 Å². The molecule has 1 aliphatic heterocycles. The van der Waals surface area contributed by atoms with Gasteiger partial charge in [-0.05, 0) is 45.6 Å². The van der Waals surface area contributed by atoms with Crippen LogP contribution in [0.4, 0.5) is 0 Å². The zero-order chi connectivity index (χ0) is 20.9. The summed E-state index contributed by atoms with van der Waals surface area (Å²) in [5.41, 5.74) is -0.165. The number of thiophene rings is 1. The number of nitrogens with one attached hydrogen (secondary N) is 1. The van der Waals surface area contributed by atoms with E-state index in [-0.39, 0.29) is 23.7 Å². The zero-order valence-electron chi connectivity index (χ0n) is 17.5. The maximum atomic E-state index is 12.4. The Morgan fingerprint density at radius 2 is 2.00 bits per heavy atom. The average Bonchev–Trinajstić information content (AvgIpc) is 3.14. The summed E-state index contributed by atoms with van der Waals surface area (Å²) in [6, 6.07) is 3.31. The van der Waals surface area contributed by atoms with Crippen LogP contribution in [0.15, 0.2) is 21.7 Å². The van der Waals surface area contributed by atoms with Crippen molar-refractivity contribution in [2.45, 2.75) is 62.5 Å². The average molecular weight is 432 g/mol. The van der Waals surface area contributed by atoms with Crippen LogP contribution in [0.2, 0.25) is 0 Å². The Morgan fingerprint density at radius 3 is 2.57 bits per heavy atom. The lowest BCUT2D eigenvalue weighted by atomic mass is 10.00. The maximum absolute atomic E-state index is 12.4. The van der Waals surface area contributed by atoms with E-state index in [4.69, 9.17) is 4.74 Å². The minimum absolute atomic E-state index is 0.0515. The molecule has 1 aromatic heterocycles. The van der Waals surface area contributed by atoms with Gasteiger partial charge in [0.2, 0.25) is 5.91 Å². The zero-order valence-corrected chi connectivity index (χ0v) is 19.1. The molecule has 1 aromatic rings.